The van der Waals surface area contributed by atoms with E-state index < -0.39 is 41.7 Å². The first-order valence-corrected chi connectivity index (χ1v) is 8.70. The number of hydrogen-bond donors (Lipinski definition) is 2. The summed E-state index contributed by atoms with van der Waals surface area (Å²) in [6.07, 6.45) is -4.66. The maximum Gasteiger partial charge on any atom is 0.410 e. The number of nitrogens with one attached hydrogen (secondary N) is 2. The number of aryl methyl sites for hydroxylation is 2. The quantitative estimate of drug-likeness (QED) is 0.733. The van der Waals surface area contributed by atoms with Crippen LogP contribution in [0.5, 0.6) is 5.75 Å². The molecule has 2 aliphatic heterocycles. The number of carbonyl (C=O) groups excluding carboxylic acids is 2. The average Bonchev–Trinajstić information content (AvgIpc) is 3.16. The molecule has 1 aromatic carbocycles. The highest BCUT2D eigenvalue weighted by atomic mass is 19.4. The number of aromatic nitrogens is 3. The summed E-state index contributed by atoms with van der Waals surface area (Å²) < 4.78 is 59.2. The van der Waals surface area contributed by atoms with Crippen molar-refractivity contribution in [1.29, 1.82) is 0 Å². The van der Waals surface area contributed by atoms with Crippen LogP contribution in [0.1, 0.15) is 34.5 Å². The van der Waals surface area contributed by atoms with Crippen LogP contribution in [0.15, 0.2) is 12.1 Å². The molecular weight excluding hydrogens is 398 g/mol. The van der Waals surface area contributed by atoms with Crippen molar-refractivity contribution < 1.29 is 31.9 Å². The van der Waals surface area contributed by atoms with Crippen molar-refractivity contribution in [3.63, 3.8) is 0 Å². The van der Waals surface area contributed by atoms with Crippen molar-refractivity contribution in [1.82, 2.24) is 20.1 Å². The van der Waals surface area contributed by atoms with E-state index in [2.05, 4.69) is 20.7 Å². The summed E-state index contributed by atoms with van der Waals surface area (Å²) in [5, 5.41) is 8.32. The van der Waals surface area contributed by atoms with Gasteiger partial charge >= 0.3 is 6.18 Å². The molecule has 0 aliphatic carbocycles. The second-order valence-corrected chi connectivity index (χ2v) is 6.84. The van der Waals surface area contributed by atoms with Gasteiger partial charge in [-0.25, -0.2) is 14.1 Å². The van der Waals surface area contributed by atoms with E-state index in [0.717, 1.165) is 0 Å². The molecule has 2 N–H and O–H groups in total. The molecule has 0 saturated carbocycles. The standard InChI is InChI=1S/C17H15F4N5O3/c1-7-4-8(18)13-10(5-7)29-6-9(15(27)24-13)22-16(28)14-23-12-3-2-11(17(19,20)21)26(12)25-14/h4-5,9,11H,2-3,6H2,1H3,(H,22,28)(H,24,27)/t9-,11?/m0/s1. The van der Waals surface area contributed by atoms with Crippen molar-refractivity contribution in [2.45, 2.75) is 38.0 Å². The van der Waals surface area contributed by atoms with Crippen molar-refractivity contribution in [3.8, 4) is 5.75 Å². The zero-order valence-electron chi connectivity index (χ0n) is 15.0. The number of hydrogen-bond acceptors (Lipinski definition) is 5. The molecule has 2 aromatic rings. The molecule has 0 bridgehead atoms. The summed E-state index contributed by atoms with van der Waals surface area (Å²) in [6.45, 7) is 1.35. The number of fused-ring (bicyclic) bond motifs is 2. The molecular formula is C17H15F4N5O3. The molecule has 4 rings (SSSR count). The van der Waals surface area contributed by atoms with Gasteiger partial charge < -0.3 is 15.4 Å². The van der Waals surface area contributed by atoms with Crippen molar-refractivity contribution >= 4 is 17.5 Å². The number of nitrogens with zero attached hydrogens (tertiary/aromatic N) is 3. The Bertz CT molecular complexity index is 1000. The van der Waals surface area contributed by atoms with Crippen LogP contribution in [0.2, 0.25) is 0 Å². The second kappa shape index (κ2) is 6.71. The van der Waals surface area contributed by atoms with Gasteiger partial charge in [0, 0.05) is 6.42 Å². The van der Waals surface area contributed by atoms with Gasteiger partial charge in [-0.15, -0.1) is 5.10 Å². The Morgan fingerprint density at radius 1 is 1.38 bits per heavy atom. The number of halogens is 4. The molecule has 2 aliphatic rings. The summed E-state index contributed by atoms with van der Waals surface area (Å²) in [5.74, 6) is -2.68. The van der Waals surface area contributed by atoms with Crippen molar-refractivity contribution in [3.05, 3.63) is 35.2 Å². The zero-order chi connectivity index (χ0) is 20.9. The number of alkyl halides is 3. The predicted molar refractivity (Wildman–Crippen MR) is 90.0 cm³/mol. The highest BCUT2D eigenvalue weighted by Gasteiger charge is 2.46. The Kier molecular flexibility index (Phi) is 4.43. The number of benzene rings is 1. The highest BCUT2D eigenvalue weighted by Crippen LogP contribution is 2.38. The molecule has 1 aromatic heterocycles. The molecule has 8 nitrogen and oxygen atoms in total. The van der Waals surface area contributed by atoms with Gasteiger partial charge in [0.25, 0.3) is 11.8 Å². The lowest BCUT2D eigenvalue weighted by atomic mass is 10.2. The van der Waals surface area contributed by atoms with Gasteiger partial charge in [0.2, 0.25) is 5.82 Å². The van der Waals surface area contributed by atoms with Crippen molar-refractivity contribution in [2.75, 3.05) is 11.9 Å². The third kappa shape index (κ3) is 3.49. The van der Waals surface area contributed by atoms with Gasteiger partial charge in [-0.2, -0.15) is 13.2 Å². The number of amides is 2. The van der Waals surface area contributed by atoms with Crippen molar-refractivity contribution in [2.24, 2.45) is 0 Å². The van der Waals surface area contributed by atoms with Crippen LogP contribution >= 0.6 is 0 Å². The Hall–Kier alpha value is -3.18. The van der Waals surface area contributed by atoms with E-state index >= 15 is 0 Å². The first-order valence-electron chi connectivity index (χ1n) is 8.70. The summed E-state index contributed by atoms with van der Waals surface area (Å²) in [5.41, 5.74) is 0.429. The summed E-state index contributed by atoms with van der Waals surface area (Å²) >= 11 is 0. The summed E-state index contributed by atoms with van der Waals surface area (Å²) in [4.78, 5) is 28.6. The van der Waals surface area contributed by atoms with Crippen LogP contribution in [-0.2, 0) is 11.2 Å². The molecule has 12 heteroatoms. The highest BCUT2D eigenvalue weighted by molar-refractivity contribution is 6.01. The molecule has 1 unspecified atom stereocenters. The monoisotopic (exact) mass is 413 g/mol. The van der Waals surface area contributed by atoms with Gasteiger partial charge in [0.15, 0.2) is 5.82 Å². The Morgan fingerprint density at radius 3 is 2.86 bits per heavy atom. The SMILES string of the molecule is Cc1cc(F)c2c(c1)OC[C@H](NC(=O)c1nc3n(n1)C(C(F)(F)F)CC3)C(=O)N2. The number of carbonyl (C=O) groups is 2. The lowest BCUT2D eigenvalue weighted by molar-refractivity contribution is -0.168. The largest absolute Gasteiger partial charge is 0.489 e. The smallest absolute Gasteiger partial charge is 0.410 e. The van der Waals surface area contributed by atoms with Gasteiger partial charge in [-0.1, -0.05) is 0 Å². The minimum Gasteiger partial charge on any atom is -0.489 e. The number of anilines is 1. The molecule has 0 fully saturated rings. The fourth-order valence-corrected chi connectivity index (χ4v) is 3.30. The van der Waals surface area contributed by atoms with Crippen LogP contribution in [0.4, 0.5) is 23.2 Å². The molecule has 2 atom stereocenters. The van der Waals surface area contributed by atoms with E-state index in [-0.39, 0.29) is 36.7 Å². The van der Waals surface area contributed by atoms with E-state index in [1.807, 2.05) is 0 Å². The maximum atomic E-state index is 14.1. The minimum atomic E-state index is -4.50. The predicted octanol–water partition coefficient (Wildman–Crippen LogP) is 1.90. The van der Waals surface area contributed by atoms with Gasteiger partial charge in [0.05, 0.1) is 0 Å². The number of ether oxygens (including phenoxy) is 1. The minimum absolute atomic E-state index is 0.0332. The van der Waals surface area contributed by atoms with E-state index in [4.69, 9.17) is 4.74 Å². The van der Waals surface area contributed by atoms with Crippen LogP contribution in [0.3, 0.4) is 0 Å². The Balaban J connectivity index is 1.50. The van der Waals surface area contributed by atoms with E-state index in [1.165, 1.54) is 12.1 Å². The van der Waals surface area contributed by atoms with Crippen LogP contribution in [0, 0.1) is 12.7 Å². The molecule has 0 spiro atoms. The van der Waals surface area contributed by atoms with Gasteiger partial charge in [-0.05, 0) is 31.0 Å². The third-order valence-electron chi connectivity index (χ3n) is 4.69. The zero-order valence-corrected chi connectivity index (χ0v) is 15.0. The number of rotatable bonds is 2. The first-order chi connectivity index (χ1) is 13.6. The molecule has 29 heavy (non-hydrogen) atoms. The lowest BCUT2D eigenvalue weighted by Gasteiger charge is -2.15. The normalized spacial score (nSPS) is 20.9. The maximum absolute atomic E-state index is 14.1. The van der Waals surface area contributed by atoms with E-state index in [0.29, 0.717) is 10.2 Å². The van der Waals surface area contributed by atoms with Crippen LogP contribution in [-0.4, -0.2) is 45.4 Å². The Morgan fingerprint density at radius 2 is 2.14 bits per heavy atom. The summed E-state index contributed by atoms with van der Waals surface area (Å²) in [6, 6.07) is -0.306. The van der Waals surface area contributed by atoms with Gasteiger partial charge in [0.1, 0.15) is 36.0 Å². The second-order valence-electron chi connectivity index (χ2n) is 6.84. The van der Waals surface area contributed by atoms with E-state index in [1.54, 1.807) is 6.92 Å². The molecule has 2 amide bonds. The summed E-state index contributed by atoms with van der Waals surface area (Å²) in [7, 11) is 0. The first kappa shape index (κ1) is 19.2. The van der Waals surface area contributed by atoms with Crippen LogP contribution < -0.4 is 15.4 Å². The topological polar surface area (TPSA) is 98.1 Å². The Labute approximate surface area is 161 Å². The molecule has 0 radical (unpaired) electrons. The van der Waals surface area contributed by atoms with Gasteiger partial charge in [-0.3, -0.25) is 9.59 Å². The fourth-order valence-electron chi connectivity index (χ4n) is 3.30. The van der Waals surface area contributed by atoms with E-state index in [9.17, 15) is 27.2 Å². The lowest BCUT2D eigenvalue weighted by Crippen LogP contribution is -2.46. The molecule has 154 valence electrons. The molecule has 3 heterocycles. The van der Waals surface area contributed by atoms with Crippen LogP contribution in [0.25, 0.3) is 0 Å². The average molecular weight is 413 g/mol. The third-order valence-corrected chi connectivity index (χ3v) is 4.69. The molecule has 0 saturated heterocycles. The fraction of sp³-hybridized carbons (Fsp3) is 0.412.